The smallest absolute Gasteiger partial charge is 0.338 e. The first-order chi connectivity index (χ1) is 11.4. The molecule has 1 saturated carbocycles. The molecule has 0 radical (unpaired) electrons. The molecular weight excluding hydrogens is 336 g/mol. The van der Waals surface area contributed by atoms with Crippen LogP contribution < -0.4 is 5.32 Å². The SMILES string of the molecule is C[C@@H]1CCCC[C@@H]1NC(=O)COC(=O)c1ccc(Cl)c([N+](=O)[O-])c1. The molecule has 1 aliphatic rings. The highest BCUT2D eigenvalue weighted by Crippen LogP contribution is 2.25. The van der Waals surface area contributed by atoms with Crippen LogP contribution in [0.1, 0.15) is 43.0 Å². The highest BCUT2D eigenvalue weighted by Gasteiger charge is 2.23. The minimum atomic E-state index is -0.804. The van der Waals surface area contributed by atoms with E-state index in [0.717, 1.165) is 31.7 Å². The molecule has 1 aromatic carbocycles. The minimum absolute atomic E-state index is 0.0232. The molecule has 0 bridgehead atoms. The molecule has 0 saturated heterocycles. The lowest BCUT2D eigenvalue weighted by atomic mass is 9.86. The number of nitro benzene ring substituents is 1. The Balaban J connectivity index is 1.89. The summed E-state index contributed by atoms with van der Waals surface area (Å²) in [5.41, 5.74) is -0.406. The third-order valence-corrected chi connectivity index (χ3v) is 4.49. The highest BCUT2D eigenvalue weighted by atomic mass is 35.5. The van der Waals surface area contributed by atoms with Gasteiger partial charge in [-0.1, -0.05) is 31.4 Å². The Hall–Kier alpha value is -2.15. The van der Waals surface area contributed by atoms with Crippen molar-refractivity contribution >= 4 is 29.2 Å². The summed E-state index contributed by atoms with van der Waals surface area (Å²) < 4.78 is 4.92. The molecule has 1 aliphatic carbocycles. The predicted octanol–water partition coefficient (Wildman–Crippen LogP) is 3.10. The number of hydrogen-bond donors (Lipinski definition) is 1. The van der Waals surface area contributed by atoms with Crippen molar-refractivity contribution in [2.45, 2.75) is 38.6 Å². The molecule has 2 atom stereocenters. The molecule has 8 heteroatoms. The molecule has 24 heavy (non-hydrogen) atoms. The lowest BCUT2D eigenvalue weighted by Crippen LogP contribution is -2.42. The van der Waals surface area contributed by atoms with Gasteiger partial charge in [-0.3, -0.25) is 14.9 Å². The van der Waals surface area contributed by atoms with Gasteiger partial charge in [0.1, 0.15) is 5.02 Å². The number of ether oxygens (including phenoxy) is 1. The number of carbonyl (C=O) groups excluding carboxylic acids is 2. The average Bonchev–Trinajstić information content (AvgIpc) is 2.55. The van der Waals surface area contributed by atoms with E-state index in [0.29, 0.717) is 5.92 Å². The van der Waals surface area contributed by atoms with Gasteiger partial charge in [-0.25, -0.2) is 4.79 Å². The van der Waals surface area contributed by atoms with Crippen molar-refractivity contribution in [1.82, 2.24) is 5.32 Å². The van der Waals surface area contributed by atoms with Gasteiger partial charge in [-0.05, 0) is 30.9 Å². The van der Waals surface area contributed by atoms with Gasteiger partial charge >= 0.3 is 5.97 Å². The van der Waals surface area contributed by atoms with Crippen LogP contribution in [-0.4, -0.2) is 29.4 Å². The van der Waals surface area contributed by atoms with E-state index in [1.54, 1.807) is 0 Å². The van der Waals surface area contributed by atoms with E-state index in [2.05, 4.69) is 12.2 Å². The Morgan fingerprint density at radius 2 is 2.08 bits per heavy atom. The molecule has 0 spiro atoms. The van der Waals surface area contributed by atoms with Crippen molar-refractivity contribution in [3.8, 4) is 0 Å². The number of nitrogens with zero attached hydrogens (tertiary/aromatic N) is 1. The van der Waals surface area contributed by atoms with E-state index in [9.17, 15) is 19.7 Å². The zero-order valence-electron chi connectivity index (χ0n) is 13.3. The van der Waals surface area contributed by atoms with E-state index >= 15 is 0 Å². The van der Waals surface area contributed by atoms with Crippen LogP contribution in [0, 0.1) is 16.0 Å². The number of rotatable bonds is 5. The highest BCUT2D eigenvalue weighted by molar-refractivity contribution is 6.32. The van der Waals surface area contributed by atoms with E-state index < -0.39 is 17.5 Å². The first-order valence-corrected chi connectivity index (χ1v) is 8.16. The van der Waals surface area contributed by atoms with Crippen LogP contribution in [0.4, 0.5) is 5.69 Å². The van der Waals surface area contributed by atoms with E-state index in [1.807, 2.05) is 0 Å². The van der Waals surface area contributed by atoms with Crippen LogP contribution in [0.15, 0.2) is 18.2 Å². The van der Waals surface area contributed by atoms with Gasteiger partial charge in [0.15, 0.2) is 6.61 Å². The van der Waals surface area contributed by atoms with Gasteiger partial charge < -0.3 is 10.1 Å². The van der Waals surface area contributed by atoms with Gasteiger partial charge in [0.25, 0.3) is 11.6 Å². The Bertz CT molecular complexity index is 649. The lowest BCUT2D eigenvalue weighted by molar-refractivity contribution is -0.384. The third-order valence-electron chi connectivity index (χ3n) is 4.17. The molecule has 7 nitrogen and oxygen atoms in total. The van der Waals surface area contributed by atoms with Crippen LogP contribution in [0.5, 0.6) is 0 Å². The Labute approximate surface area is 144 Å². The molecule has 130 valence electrons. The number of carbonyl (C=O) groups is 2. The molecule has 0 heterocycles. The molecule has 0 unspecified atom stereocenters. The Morgan fingerprint density at radius 3 is 2.75 bits per heavy atom. The molecular formula is C16H19ClN2O5. The minimum Gasteiger partial charge on any atom is -0.452 e. The number of hydrogen-bond acceptors (Lipinski definition) is 5. The normalized spacial score (nSPS) is 20.2. The molecule has 1 aromatic rings. The Kier molecular flexibility index (Phi) is 6.14. The van der Waals surface area contributed by atoms with Crippen LogP contribution in [0.25, 0.3) is 0 Å². The van der Waals surface area contributed by atoms with Gasteiger partial charge in [0, 0.05) is 12.1 Å². The first-order valence-electron chi connectivity index (χ1n) is 7.79. The van der Waals surface area contributed by atoms with Crippen molar-refractivity contribution in [2.75, 3.05) is 6.61 Å². The fourth-order valence-electron chi connectivity index (χ4n) is 2.77. The molecule has 2 rings (SSSR count). The van der Waals surface area contributed by atoms with Gasteiger partial charge in [-0.15, -0.1) is 0 Å². The maximum Gasteiger partial charge on any atom is 0.338 e. The zero-order chi connectivity index (χ0) is 17.7. The van der Waals surface area contributed by atoms with Crippen LogP contribution in [0.2, 0.25) is 5.02 Å². The molecule has 1 N–H and O–H groups in total. The third kappa shape index (κ3) is 4.67. The lowest BCUT2D eigenvalue weighted by Gasteiger charge is -2.29. The number of benzene rings is 1. The van der Waals surface area contributed by atoms with Gasteiger partial charge in [-0.2, -0.15) is 0 Å². The average molecular weight is 355 g/mol. The second-order valence-corrected chi connectivity index (χ2v) is 6.34. The summed E-state index contributed by atoms with van der Waals surface area (Å²) in [5, 5.41) is 13.6. The van der Waals surface area contributed by atoms with Gasteiger partial charge in [0.2, 0.25) is 0 Å². The van der Waals surface area contributed by atoms with Crippen molar-refractivity contribution < 1.29 is 19.2 Å². The first kappa shape index (κ1) is 18.2. The largest absolute Gasteiger partial charge is 0.452 e. The zero-order valence-corrected chi connectivity index (χ0v) is 14.0. The summed E-state index contributed by atoms with van der Waals surface area (Å²) in [6.45, 7) is 1.67. The fraction of sp³-hybridized carbons (Fsp3) is 0.500. The van der Waals surface area contributed by atoms with E-state index in [-0.39, 0.29) is 28.2 Å². The summed E-state index contributed by atoms with van der Waals surface area (Å²) in [5.74, 6) is -0.774. The maximum absolute atomic E-state index is 11.9. The molecule has 1 fully saturated rings. The van der Waals surface area contributed by atoms with Crippen molar-refractivity contribution in [3.63, 3.8) is 0 Å². The molecule has 1 amide bonds. The number of nitro groups is 1. The summed E-state index contributed by atoms with van der Waals surface area (Å²) in [7, 11) is 0. The molecule has 0 aliphatic heterocycles. The maximum atomic E-state index is 11.9. The van der Waals surface area contributed by atoms with Crippen LogP contribution in [-0.2, 0) is 9.53 Å². The number of esters is 1. The Morgan fingerprint density at radius 1 is 1.38 bits per heavy atom. The van der Waals surface area contributed by atoms with Crippen molar-refractivity contribution in [2.24, 2.45) is 5.92 Å². The monoisotopic (exact) mass is 354 g/mol. The number of nitrogens with one attached hydrogen (secondary N) is 1. The van der Waals surface area contributed by atoms with E-state index in [4.69, 9.17) is 16.3 Å². The summed E-state index contributed by atoms with van der Waals surface area (Å²) in [6.07, 6.45) is 4.23. The second-order valence-electron chi connectivity index (χ2n) is 5.94. The van der Waals surface area contributed by atoms with Crippen molar-refractivity contribution in [1.29, 1.82) is 0 Å². The number of halogens is 1. The summed E-state index contributed by atoms with van der Waals surface area (Å²) in [4.78, 5) is 34.0. The fourth-order valence-corrected chi connectivity index (χ4v) is 2.96. The second kappa shape index (κ2) is 8.10. The van der Waals surface area contributed by atoms with Crippen molar-refractivity contribution in [3.05, 3.63) is 38.9 Å². The molecule has 0 aromatic heterocycles. The standard InChI is InChI=1S/C16H19ClN2O5/c1-10-4-2-3-5-13(10)18-15(20)9-24-16(21)11-6-7-12(17)14(8-11)19(22)23/h6-8,10,13H,2-5,9H2,1H3,(H,18,20)/t10-,13+/m1/s1. The van der Waals surface area contributed by atoms with Crippen LogP contribution in [0.3, 0.4) is 0 Å². The summed E-state index contributed by atoms with van der Waals surface area (Å²) >= 11 is 5.69. The summed E-state index contributed by atoms with van der Waals surface area (Å²) in [6, 6.07) is 3.70. The quantitative estimate of drug-likeness (QED) is 0.497. The van der Waals surface area contributed by atoms with Gasteiger partial charge in [0.05, 0.1) is 10.5 Å². The predicted molar refractivity (Wildman–Crippen MR) is 88.0 cm³/mol. The number of amides is 1. The van der Waals surface area contributed by atoms with Crippen LogP contribution >= 0.6 is 11.6 Å². The van der Waals surface area contributed by atoms with E-state index in [1.165, 1.54) is 12.1 Å². The topological polar surface area (TPSA) is 98.5 Å².